The average Bonchev–Trinajstić information content (AvgIpc) is 2.68. The van der Waals surface area contributed by atoms with Crippen molar-refractivity contribution >= 4 is 26.5 Å². The maximum Gasteiger partial charge on any atom is 0.262 e. The summed E-state index contributed by atoms with van der Waals surface area (Å²) >= 11 is 0. The molecular formula is C25H23NO4S. The number of benzene rings is 4. The summed E-state index contributed by atoms with van der Waals surface area (Å²) in [5.74, 6) is -0.0588. The molecule has 158 valence electrons. The molecule has 6 heteroatoms. The topological polar surface area (TPSA) is 86.6 Å². The first kappa shape index (κ1) is 20.8. The second-order valence-electron chi connectivity index (χ2n) is 7.75. The van der Waals surface area contributed by atoms with Gasteiger partial charge in [0, 0.05) is 16.8 Å². The molecule has 0 saturated carbocycles. The zero-order chi connectivity index (χ0) is 22.3. The van der Waals surface area contributed by atoms with Crippen LogP contribution in [0.1, 0.15) is 16.7 Å². The first-order chi connectivity index (χ1) is 14.7. The summed E-state index contributed by atoms with van der Waals surface area (Å²) < 4.78 is 28.9. The summed E-state index contributed by atoms with van der Waals surface area (Å²) in [6, 6.07) is 19.0. The van der Waals surface area contributed by atoms with E-state index in [1.54, 1.807) is 26.0 Å². The normalized spacial score (nSPS) is 11.6. The standard InChI is InChI=1S/C25H23NO4S/c1-15-12-16(2)25(17(3)13-15)31(29,30)26-19-9-11-22(27)21(14-19)24-20-7-5-4-6-18(20)8-10-23(24)28/h4-14,26-28H,1-3H3. The second kappa shape index (κ2) is 7.63. The van der Waals surface area contributed by atoms with Crippen LogP contribution < -0.4 is 4.72 Å². The summed E-state index contributed by atoms with van der Waals surface area (Å²) in [6.07, 6.45) is 0. The van der Waals surface area contributed by atoms with Gasteiger partial charge in [0.25, 0.3) is 10.0 Å². The van der Waals surface area contributed by atoms with Crippen LogP contribution in [0.15, 0.2) is 71.6 Å². The van der Waals surface area contributed by atoms with Gasteiger partial charge in [-0.2, -0.15) is 0 Å². The minimum absolute atomic E-state index is 0.000712. The number of rotatable bonds is 4. The van der Waals surface area contributed by atoms with Gasteiger partial charge in [-0.05, 0) is 66.9 Å². The monoisotopic (exact) mass is 433 g/mol. The van der Waals surface area contributed by atoms with Crippen molar-refractivity contribution in [1.82, 2.24) is 0 Å². The fourth-order valence-corrected chi connectivity index (χ4v) is 5.64. The number of aryl methyl sites for hydroxylation is 3. The molecule has 4 aromatic carbocycles. The van der Waals surface area contributed by atoms with Gasteiger partial charge in [0.2, 0.25) is 0 Å². The van der Waals surface area contributed by atoms with Gasteiger partial charge in [0.05, 0.1) is 4.90 Å². The van der Waals surface area contributed by atoms with Crippen molar-refractivity contribution in [3.05, 3.63) is 83.4 Å². The summed E-state index contributed by atoms with van der Waals surface area (Å²) in [7, 11) is -3.85. The molecule has 0 bridgehead atoms. The third-order valence-electron chi connectivity index (χ3n) is 5.30. The van der Waals surface area contributed by atoms with Gasteiger partial charge < -0.3 is 10.2 Å². The quantitative estimate of drug-likeness (QED) is 0.363. The summed E-state index contributed by atoms with van der Waals surface area (Å²) in [6.45, 7) is 5.46. The van der Waals surface area contributed by atoms with Crippen molar-refractivity contribution in [3.63, 3.8) is 0 Å². The van der Waals surface area contributed by atoms with Gasteiger partial charge >= 0.3 is 0 Å². The molecule has 0 aromatic heterocycles. The van der Waals surface area contributed by atoms with Crippen LogP contribution in [0.4, 0.5) is 5.69 Å². The van der Waals surface area contributed by atoms with Crippen molar-refractivity contribution in [2.45, 2.75) is 25.7 Å². The molecule has 0 unspecified atom stereocenters. The number of hydrogen-bond donors (Lipinski definition) is 3. The molecule has 0 saturated heterocycles. The minimum atomic E-state index is -3.85. The molecule has 0 fully saturated rings. The molecular weight excluding hydrogens is 410 g/mol. The molecule has 0 radical (unpaired) electrons. The van der Waals surface area contributed by atoms with Crippen LogP contribution in [0.3, 0.4) is 0 Å². The summed E-state index contributed by atoms with van der Waals surface area (Å²) in [5.41, 5.74) is 3.39. The summed E-state index contributed by atoms with van der Waals surface area (Å²) in [4.78, 5) is 0.237. The van der Waals surface area contributed by atoms with Crippen molar-refractivity contribution in [1.29, 1.82) is 0 Å². The zero-order valence-corrected chi connectivity index (χ0v) is 18.3. The van der Waals surface area contributed by atoms with E-state index >= 15 is 0 Å². The Morgan fingerprint density at radius 2 is 1.42 bits per heavy atom. The molecule has 0 spiro atoms. The largest absolute Gasteiger partial charge is 0.507 e. The van der Waals surface area contributed by atoms with Gasteiger partial charge in [-0.15, -0.1) is 0 Å². The Morgan fingerprint density at radius 1 is 0.774 bits per heavy atom. The lowest BCUT2D eigenvalue weighted by atomic mass is 9.96. The highest BCUT2D eigenvalue weighted by Crippen LogP contribution is 2.42. The Labute approximate surface area is 181 Å². The van der Waals surface area contributed by atoms with Crippen LogP contribution in [0, 0.1) is 20.8 Å². The van der Waals surface area contributed by atoms with Crippen LogP contribution in [-0.2, 0) is 10.0 Å². The van der Waals surface area contributed by atoms with Gasteiger partial charge in [-0.25, -0.2) is 8.42 Å². The van der Waals surface area contributed by atoms with Crippen LogP contribution >= 0.6 is 0 Å². The predicted octanol–water partition coefficient (Wildman–Crippen LogP) is 5.64. The lowest BCUT2D eigenvalue weighted by molar-refractivity contribution is 0.470. The van der Waals surface area contributed by atoms with Crippen LogP contribution in [0.2, 0.25) is 0 Å². The van der Waals surface area contributed by atoms with E-state index in [2.05, 4.69) is 4.72 Å². The third-order valence-corrected chi connectivity index (χ3v) is 6.98. The van der Waals surface area contributed by atoms with Gasteiger partial charge in [0.1, 0.15) is 11.5 Å². The van der Waals surface area contributed by atoms with Crippen LogP contribution in [0.5, 0.6) is 11.5 Å². The highest BCUT2D eigenvalue weighted by molar-refractivity contribution is 7.92. The van der Waals surface area contributed by atoms with Crippen LogP contribution in [-0.4, -0.2) is 18.6 Å². The third kappa shape index (κ3) is 3.82. The van der Waals surface area contributed by atoms with E-state index in [0.717, 1.165) is 16.3 Å². The fraction of sp³-hybridized carbons (Fsp3) is 0.120. The Hall–Kier alpha value is -3.51. The number of anilines is 1. The SMILES string of the molecule is Cc1cc(C)c(S(=O)(=O)Nc2ccc(O)c(-c3c(O)ccc4ccccc34)c2)c(C)c1. The molecule has 0 aliphatic heterocycles. The zero-order valence-electron chi connectivity index (χ0n) is 17.5. The summed E-state index contributed by atoms with van der Waals surface area (Å²) in [5, 5.41) is 22.7. The first-order valence-corrected chi connectivity index (χ1v) is 11.3. The Bertz CT molecular complexity index is 1400. The van der Waals surface area contributed by atoms with E-state index in [1.807, 2.05) is 43.3 Å². The molecule has 3 N–H and O–H groups in total. The molecule has 31 heavy (non-hydrogen) atoms. The molecule has 0 amide bonds. The van der Waals surface area contributed by atoms with Crippen molar-refractivity contribution in [2.75, 3.05) is 4.72 Å². The molecule has 5 nitrogen and oxygen atoms in total. The fourth-order valence-electron chi connectivity index (χ4n) is 4.14. The lowest BCUT2D eigenvalue weighted by Crippen LogP contribution is -2.16. The van der Waals surface area contributed by atoms with E-state index in [4.69, 9.17) is 0 Å². The van der Waals surface area contributed by atoms with Gasteiger partial charge in [-0.3, -0.25) is 4.72 Å². The maximum absolute atomic E-state index is 13.1. The van der Waals surface area contributed by atoms with Gasteiger partial charge in [-0.1, -0.05) is 48.0 Å². The Kier molecular flexibility index (Phi) is 5.11. The molecule has 0 aliphatic rings. The number of phenols is 2. The van der Waals surface area contributed by atoms with E-state index in [9.17, 15) is 18.6 Å². The van der Waals surface area contributed by atoms with Crippen molar-refractivity contribution < 1.29 is 18.6 Å². The maximum atomic E-state index is 13.1. The lowest BCUT2D eigenvalue weighted by Gasteiger charge is -2.16. The molecule has 0 atom stereocenters. The highest BCUT2D eigenvalue weighted by atomic mass is 32.2. The number of nitrogens with one attached hydrogen (secondary N) is 1. The average molecular weight is 434 g/mol. The van der Waals surface area contributed by atoms with Crippen molar-refractivity contribution in [2.24, 2.45) is 0 Å². The number of sulfonamides is 1. The molecule has 0 aliphatic carbocycles. The number of hydrogen-bond acceptors (Lipinski definition) is 4. The van der Waals surface area contributed by atoms with E-state index < -0.39 is 10.0 Å². The molecule has 0 heterocycles. The first-order valence-electron chi connectivity index (χ1n) is 9.82. The molecule has 4 rings (SSSR count). The van der Waals surface area contributed by atoms with Crippen molar-refractivity contribution in [3.8, 4) is 22.6 Å². The van der Waals surface area contributed by atoms with E-state index in [1.165, 1.54) is 18.2 Å². The smallest absolute Gasteiger partial charge is 0.262 e. The number of aromatic hydroxyl groups is 2. The number of phenolic OH excluding ortho intramolecular Hbond substituents is 2. The predicted molar refractivity (Wildman–Crippen MR) is 124 cm³/mol. The Morgan fingerprint density at radius 3 is 2.13 bits per heavy atom. The number of fused-ring (bicyclic) bond motifs is 1. The second-order valence-corrected chi connectivity index (χ2v) is 9.37. The Balaban J connectivity index is 1.83. The van der Waals surface area contributed by atoms with E-state index in [-0.39, 0.29) is 16.4 Å². The highest BCUT2D eigenvalue weighted by Gasteiger charge is 2.21. The molecule has 4 aromatic rings. The minimum Gasteiger partial charge on any atom is -0.507 e. The van der Waals surface area contributed by atoms with Gasteiger partial charge in [0.15, 0.2) is 0 Å². The van der Waals surface area contributed by atoms with E-state index in [0.29, 0.717) is 27.9 Å². The van der Waals surface area contributed by atoms with Crippen LogP contribution in [0.25, 0.3) is 21.9 Å².